The first kappa shape index (κ1) is 14.3. The molecule has 1 aromatic carbocycles. The summed E-state index contributed by atoms with van der Waals surface area (Å²) >= 11 is 11.7. The molecule has 1 aromatic rings. The highest BCUT2D eigenvalue weighted by Crippen LogP contribution is 2.21. The number of nitrogens with one attached hydrogen (secondary N) is 1. The summed E-state index contributed by atoms with van der Waals surface area (Å²) in [6, 6.07) is 4.83. The van der Waals surface area contributed by atoms with Gasteiger partial charge in [-0.2, -0.15) is 0 Å². The van der Waals surface area contributed by atoms with Gasteiger partial charge in [0.15, 0.2) is 0 Å². The van der Waals surface area contributed by atoms with E-state index < -0.39 is 0 Å². The van der Waals surface area contributed by atoms with E-state index in [0.29, 0.717) is 16.5 Å². The van der Waals surface area contributed by atoms with Crippen molar-refractivity contribution in [1.29, 1.82) is 0 Å². The second kappa shape index (κ2) is 6.84. The maximum Gasteiger partial charge on any atom is 0.224 e. The van der Waals surface area contributed by atoms with Gasteiger partial charge in [-0.3, -0.25) is 4.79 Å². The van der Waals surface area contributed by atoms with Crippen LogP contribution >= 0.6 is 23.2 Å². The molecular formula is C12H15Cl2NO2. The number of amides is 1. The molecule has 94 valence electrons. The fourth-order valence-electron chi connectivity index (χ4n) is 1.39. The highest BCUT2D eigenvalue weighted by molar-refractivity contribution is 6.35. The highest BCUT2D eigenvalue weighted by Gasteiger charge is 2.11. The Bertz CT molecular complexity index is 392. The molecule has 0 aliphatic heterocycles. The zero-order chi connectivity index (χ0) is 12.8. The van der Waals surface area contributed by atoms with E-state index in [2.05, 4.69) is 5.32 Å². The number of carbonyl (C=O) groups is 1. The summed E-state index contributed by atoms with van der Waals surface area (Å²) in [5, 5.41) is 12.7. The SMILES string of the molecule is CC[C@@H](CO)NC(=O)Cc1ccc(Cl)cc1Cl. The molecule has 2 N–H and O–H groups in total. The number of aliphatic hydroxyl groups is 1. The van der Waals surface area contributed by atoms with Gasteiger partial charge in [0.1, 0.15) is 0 Å². The maximum absolute atomic E-state index is 11.7. The van der Waals surface area contributed by atoms with E-state index >= 15 is 0 Å². The molecule has 1 atom stereocenters. The minimum Gasteiger partial charge on any atom is -0.394 e. The van der Waals surface area contributed by atoms with E-state index in [1.54, 1.807) is 18.2 Å². The Morgan fingerprint density at radius 2 is 2.18 bits per heavy atom. The molecule has 0 aliphatic carbocycles. The molecule has 0 bridgehead atoms. The molecule has 0 fully saturated rings. The zero-order valence-corrected chi connectivity index (χ0v) is 11.1. The van der Waals surface area contributed by atoms with Gasteiger partial charge in [0.05, 0.1) is 19.1 Å². The van der Waals surface area contributed by atoms with Gasteiger partial charge in [-0.05, 0) is 24.1 Å². The molecule has 0 spiro atoms. The van der Waals surface area contributed by atoms with Crippen molar-refractivity contribution < 1.29 is 9.90 Å². The van der Waals surface area contributed by atoms with E-state index in [0.717, 1.165) is 5.56 Å². The second-order valence-electron chi connectivity index (χ2n) is 3.77. The fraction of sp³-hybridized carbons (Fsp3) is 0.417. The van der Waals surface area contributed by atoms with Gasteiger partial charge in [0, 0.05) is 10.0 Å². The van der Waals surface area contributed by atoms with Crippen molar-refractivity contribution in [2.75, 3.05) is 6.61 Å². The third-order valence-electron chi connectivity index (χ3n) is 2.44. The van der Waals surface area contributed by atoms with Crippen LogP contribution in [-0.2, 0) is 11.2 Å². The van der Waals surface area contributed by atoms with E-state index in [1.807, 2.05) is 6.92 Å². The molecule has 17 heavy (non-hydrogen) atoms. The number of halogens is 2. The third kappa shape index (κ3) is 4.54. The highest BCUT2D eigenvalue weighted by atomic mass is 35.5. The Morgan fingerprint density at radius 3 is 2.71 bits per heavy atom. The van der Waals surface area contributed by atoms with Crippen LogP contribution in [0.25, 0.3) is 0 Å². The van der Waals surface area contributed by atoms with E-state index in [9.17, 15) is 4.79 Å². The number of rotatable bonds is 5. The van der Waals surface area contributed by atoms with Gasteiger partial charge >= 0.3 is 0 Å². The molecule has 3 nitrogen and oxygen atoms in total. The number of benzene rings is 1. The summed E-state index contributed by atoms with van der Waals surface area (Å²) in [5.74, 6) is -0.157. The van der Waals surface area contributed by atoms with Crippen LogP contribution in [-0.4, -0.2) is 23.7 Å². The van der Waals surface area contributed by atoms with Crippen molar-refractivity contribution in [2.45, 2.75) is 25.8 Å². The molecule has 1 rings (SSSR count). The van der Waals surface area contributed by atoms with Gasteiger partial charge in [0.25, 0.3) is 0 Å². The van der Waals surface area contributed by atoms with Gasteiger partial charge < -0.3 is 10.4 Å². The monoisotopic (exact) mass is 275 g/mol. The van der Waals surface area contributed by atoms with E-state index in [4.69, 9.17) is 28.3 Å². The van der Waals surface area contributed by atoms with Crippen LogP contribution in [0.4, 0.5) is 0 Å². The Labute approximate surface area is 111 Å². The molecule has 0 aliphatic rings. The third-order valence-corrected chi connectivity index (χ3v) is 3.03. The van der Waals surface area contributed by atoms with E-state index in [-0.39, 0.29) is 25.0 Å². The lowest BCUT2D eigenvalue weighted by Gasteiger charge is -2.14. The number of aliphatic hydroxyl groups excluding tert-OH is 1. The molecule has 0 saturated carbocycles. The second-order valence-corrected chi connectivity index (χ2v) is 4.61. The van der Waals surface area contributed by atoms with Crippen molar-refractivity contribution >= 4 is 29.1 Å². The van der Waals surface area contributed by atoms with Crippen LogP contribution in [0, 0.1) is 0 Å². The first-order valence-electron chi connectivity index (χ1n) is 5.41. The minimum absolute atomic E-state index is 0.0589. The first-order valence-corrected chi connectivity index (χ1v) is 6.16. The van der Waals surface area contributed by atoms with Crippen molar-refractivity contribution in [2.24, 2.45) is 0 Å². The molecule has 0 unspecified atom stereocenters. The van der Waals surface area contributed by atoms with Crippen LogP contribution in [0.3, 0.4) is 0 Å². The maximum atomic E-state index is 11.7. The molecule has 0 heterocycles. The van der Waals surface area contributed by atoms with Gasteiger partial charge in [-0.15, -0.1) is 0 Å². The van der Waals surface area contributed by atoms with Crippen LogP contribution < -0.4 is 5.32 Å². The van der Waals surface area contributed by atoms with Crippen molar-refractivity contribution in [3.05, 3.63) is 33.8 Å². The van der Waals surface area contributed by atoms with Crippen LogP contribution in [0.2, 0.25) is 10.0 Å². The smallest absolute Gasteiger partial charge is 0.224 e. The summed E-state index contributed by atoms with van der Waals surface area (Å²) < 4.78 is 0. The largest absolute Gasteiger partial charge is 0.394 e. The topological polar surface area (TPSA) is 49.3 Å². The van der Waals surface area contributed by atoms with Crippen LogP contribution in [0.15, 0.2) is 18.2 Å². The van der Waals surface area contributed by atoms with E-state index in [1.165, 1.54) is 0 Å². The molecule has 0 saturated heterocycles. The lowest BCUT2D eigenvalue weighted by atomic mass is 10.1. The summed E-state index contributed by atoms with van der Waals surface area (Å²) in [4.78, 5) is 11.7. The quantitative estimate of drug-likeness (QED) is 0.867. The predicted molar refractivity (Wildman–Crippen MR) is 69.5 cm³/mol. The Balaban J connectivity index is 2.62. The summed E-state index contributed by atoms with van der Waals surface area (Å²) in [6.07, 6.45) is 0.878. The van der Waals surface area contributed by atoms with Gasteiger partial charge in [-0.25, -0.2) is 0 Å². The van der Waals surface area contributed by atoms with Gasteiger partial charge in [-0.1, -0.05) is 36.2 Å². The van der Waals surface area contributed by atoms with Crippen LogP contribution in [0.1, 0.15) is 18.9 Å². The zero-order valence-electron chi connectivity index (χ0n) is 9.54. The fourth-order valence-corrected chi connectivity index (χ4v) is 1.87. The average molecular weight is 276 g/mol. The predicted octanol–water partition coefficient (Wildman–Crippen LogP) is 2.42. The lowest BCUT2D eigenvalue weighted by Crippen LogP contribution is -2.37. The Kier molecular flexibility index (Phi) is 5.75. The standard InChI is InChI=1S/C12H15Cl2NO2/c1-2-10(7-16)15-12(17)5-8-3-4-9(13)6-11(8)14/h3-4,6,10,16H,2,5,7H2,1H3,(H,15,17)/t10-/m0/s1. The van der Waals surface area contributed by atoms with Crippen molar-refractivity contribution in [3.8, 4) is 0 Å². The van der Waals surface area contributed by atoms with Crippen molar-refractivity contribution in [1.82, 2.24) is 5.32 Å². The number of carbonyl (C=O) groups excluding carboxylic acids is 1. The lowest BCUT2D eigenvalue weighted by molar-refractivity contribution is -0.121. The molecule has 5 heteroatoms. The first-order chi connectivity index (χ1) is 8.06. The Hall–Kier alpha value is -0.770. The number of hydrogen-bond acceptors (Lipinski definition) is 2. The van der Waals surface area contributed by atoms with Gasteiger partial charge in [0.2, 0.25) is 5.91 Å². The minimum atomic E-state index is -0.200. The molecule has 0 radical (unpaired) electrons. The molecular weight excluding hydrogens is 261 g/mol. The summed E-state index contributed by atoms with van der Waals surface area (Å²) in [6.45, 7) is 1.84. The average Bonchev–Trinajstić information content (AvgIpc) is 2.29. The summed E-state index contributed by atoms with van der Waals surface area (Å²) in [5.41, 5.74) is 0.723. The molecule has 1 amide bonds. The summed E-state index contributed by atoms with van der Waals surface area (Å²) in [7, 11) is 0. The van der Waals surface area contributed by atoms with Crippen LogP contribution in [0.5, 0.6) is 0 Å². The molecule has 0 aromatic heterocycles. The Morgan fingerprint density at radius 1 is 1.47 bits per heavy atom. The van der Waals surface area contributed by atoms with Crippen molar-refractivity contribution in [3.63, 3.8) is 0 Å². The number of hydrogen-bond donors (Lipinski definition) is 2. The normalized spacial score (nSPS) is 12.2.